The quantitative estimate of drug-likeness (QED) is 0.424. The molecule has 0 aromatic heterocycles. The van der Waals surface area contributed by atoms with Gasteiger partial charge in [0.15, 0.2) is 0 Å². The lowest BCUT2D eigenvalue weighted by molar-refractivity contribution is -0.384. The summed E-state index contributed by atoms with van der Waals surface area (Å²) >= 11 is 17.5. The molecule has 0 amide bonds. The standard InChI is InChI=1S/C12H5Cl3FNO2/c13-9-3-6(4-10(14)12(9)15)8-5-7(17(18)19)1-2-11(8)16/h1-5H. The summed E-state index contributed by atoms with van der Waals surface area (Å²) in [5, 5.41) is 11.1. The highest BCUT2D eigenvalue weighted by atomic mass is 35.5. The molecule has 0 bridgehead atoms. The molecule has 0 heterocycles. The van der Waals surface area contributed by atoms with E-state index < -0.39 is 10.7 Å². The number of nitrogens with zero attached hydrogens (tertiary/aromatic N) is 1. The third kappa shape index (κ3) is 2.81. The van der Waals surface area contributed by atoms with Gasteiger partial charge in [0.2, 0.25) is 0 Å². The summed E-state index contributed by atoms with van der Waals surface area (Å²) in [5.41, 5.74) is 0.133. The molecule has 2 aromatic carbocycles. The minimum Gasteiger partial charge on any atom is -0.258 e. The Labute approximate surface area is 122 Å². The number of benzene rings is 2. The minimum atomic E-state index is -0.611. The Morgan fingerprint density at radius 1 is 1.05 bits per heavy atom. The highest BCUT2D eigenvalue weighted by molar-refractivity contribution is 6.48. The van der Waals surface area contributed by atoms with Crippen LogP contribution in [-0.4, -0.2) is 4.92 Å². The molecule has 0 aliphatic rings. The third-order valence-electron chi connectivity index (χ3n) is 2.46. The molecule has 0 aliphatic heterocycles. The van der Waals surface area contributed by atoms with Crippen molar-refractivity contribution in [2.75, 3.05) is 0 Å². The van der Waals surface area contributed by atoms with Crippen LogP contribution in [0, 0.1) is 15.9 Å². The van der Waals surface area contributed by atoms with Crippen LogP contribution in [0.5, 0.6) is 0 Å². The average molecular weight is 321 g/mol. The number of hydrogen-bond acceptors (Lipinski definition) is 2. The SMILES string of the molecule is O=[N+]([O-])c1ccc(F)c(-c2cc(Cl)c(Cl)c(Cl)c2)c1. The number of hydrogen-bond donors (Lipinski definition) is 0. The molecule has 2 aromatic rings. The lowest BCUT2D eigenvalue weighted by Gasteiger charge is -2.07. The van der Waals surface area contributed by atoms with E-state index in [-0.39, 0.29) is 26.3 Å². The van der Waals surface area contributed by atoms with Crippen LogP contribution in [0.4, 0.5) is 10.1 Å². The predicted octanol–water partition coefficient (Wildman–Crippen LogP) is 5.36. The fourth-order valence-electron chi connectivity index (χ4n) is 1.56. The largest absolute Gasteiger partial charge is 0.270 e. The van der Waals surface area contributed by atoms with Crippen molar-refractivity contribution in [3.05, 3.63) is 61.3 Å². The van der Waals surface area contributed by atoms with Gasteiger partial charge in [0.1, 0.15) is 5.82 Å². The molecule has 0 spiro atoms. The van der Waals surface area contributed by atoms with Gasteiger partial charge in [0.25, 0.3) is 5.69 Å². The van der Waals surface area contributed by atoms with Crippen LogP contribution in [0.3, 0.4) is 0 Å². The van der Waals surface area contributed by atoms with Gasteiger partial charge in [-0.2, -0.15) is 0 Å². The molecule has 7 heteroatoms. The van der Waals surface area contributed by atoms with Crippen molar-refractivity contribution in [1.82, 2.24) is 0 Å². The normalized spacial score (nSPS) is 10.5. The summed E-state index contributed by atoms with van der Waals surface area (Å²) in [7, 11) is 0. The van der Waals surface area contributed by atoms with Crippen LogP contribution >= 0.6 is 34.8 Å². The first-order valence-electron chi connectivity index (χ1n) is 4.99. The summed E-state index contributed by atoms with van der Waals surface area (Å²) in [6, 6.07) is 6.02. The van der Waals surface area contributed by atoms with Crippen molar-refractivity contribution in [2.24, 2.45) is 0 Å². The average Bonchev–Trinajstić information content (AvgIpc) is 2.35. The number of non-ortho nitro benzene ring substituents is 1. The maximum absolute atomic E-state index is 13.7. The topological polar surface area (TPSA) is 43.1 Å². The van der Waals surface area contributed by atoms with Crippen LogP contribution < -0.4 is 0 Å². The Kier molecular flexibility index (Phi) is 3.94. The van der Waals surface area contributed by atoms with Crippen molar-refractivity contribution >= 4 is 40.5 Å². The first kappa shape index (κ1) is 14.1. The molecule has 3 nitrogen and oxygen atoms in total. The first-order chi connectivity index (χ1) is 8.90. The number of nitro groups is 1. The van der Waals surface area contributed by atoms with E-state index in [1.165, 1.54) is 12.1 Å². The molecule has 0 atom stereocenters. The van der Waals surface area contributed by atoms with Crippen LogP contribution in [0.25, 0.3) is 11.1 Å². The van der Waals surface area contributed by atoms with Gasteiger partial charge in [0.05, 0.1) is 20.0 Å². The first-order valence-corrected chi connectivity index (χ1v) is 6.12. The van der Waals surface area contributed by atoms with E-state index in [1.54, 1.807) is 0 Å². The van der Waals surface area contributed by atoms with E-state index in [0.29, 0.717) is 5.56 Å². The maximum Gasteiger partial charge on any atom is 0.270 e. The van der Waals surface area contributed by atoms with Crippen molar-refractivity contribution < 1.29 is 9.31 Å². The van der Waals surface area contributed by atoms with Gasteiger partial charge in [-0.25, -0.2) is 4.39 Å². The molecule has 0 fully saturated rings. The molecule has 0 unspecified atom stereocenters. The number of rotatable bonds is 2. The summed E-state index contributed by atoms with van der Waals surface area (Å²) < 4.78 is 13.7. The molecule has 0 saturated heterocycles. The number of nitro benzene ring substituents is 1. The second-order valence-corrected chi connectivity index (χ2v) is 4.87. The summed E-state index contributed by atoms with van der Waals surface area (Å²) in [4.78, 5) is 10.1. The smallest absolute Gasteiger partial charge is 0.258 e. The van der Waals surface area contributed by atoms with Gasteiger partial charge in [-0.15, -0.1) is 0 Å². The highest BCUT2D eigenvalue weighted by Gasteiger charge is 2.15. The Morgan fingerprint density at radius 3 is 2.16 bits per heavy atom. The fraction of sp³-hybridized carbons (Fsp3) is 0. The lowest BCUT2D eigenvalue weighted by Crippen LogP contribution is -1.91. The van der Waals surface area contributed by atoms with Gasteiger partial charge < -0.3 is 0 Å². The summed E-state index contributed by atoms with van der Waals surface area (Å²) in [6.45, 7) is 0. The van der Waals surface area contributed by atoms with Crippen molar-refractivity contribution in [3.63, 3.8) is 0 Å². The van der Waals surface area contributed by atoms with Gasteiger partial charge in [-0.3, -0.25) is 10.1 Å². The van der Waals surface area contributed by atoms with Gasteiger partial charge >= 0.3 is 0 Å². The van der Waals surface area contributed by atoms with Gasteiger partial charge in [-0.1, -0.05) is 34.8 Å². The molecule has 98 valence electrons. The Hall–Kier alpha value is -1.36. The van der Waals surface area contributed by atoms with E-state index >= 15 is 0 Å². The van der Waals surface area contributed by atoms with Crippen molar-refractivity contribution in [1.29, 1.82) is 0 Å². The van der Waals surface area contributed by atoms with Crippen molar-refractivity contribution in [2.45, 2.75) is 0 Å². The van der Waals surface area contributed by atoms with E-state index in [4.69, 9.17) is 34.8 Å². The number of halogens is 4. The van der Waals surface area contributed by atoms with E-state index in [1.807, 2.05) is 0 Å². The van der Waals surface area contributed by atoms with E-state index in [0.717, 1.165) is 18.2 Å². The maximum atomic E-state index is 13.7. The monoisotopic (exact) mass is 319 g/mol. The lowest BCUT2D eigenvalue weighted by atomic mass is 10.0. The second kappa shape index (κ2) is 5.33. The Balaban J connectivity index is 2.64. The Morgan fingerprint density at radius 2 is 1.63 bits per heavy atom. The minimum absolute atomic E-state index is 0.0367. The van der Waals surface area contributed by atoms with Gasteiger partial charge in [-0.05, 0) is 23.8 Å². The second-order valence-electron chi connectivity index (χ2n) is 3.68. The zero-order valence-electron chi connectivity index (χ0n) is 9.16. The van der Waals surface area contributed by atoms with Crippen LogP contribution in [0.1, 0.15) is 0 Å². The summed E-state index contributed by atoms with van der Waals surface area (Å²) in [5.74, 6) is -0.611. The summed E-state index contributed by atoms with van der Waals surface area (Å²) in [6.07, 6.45) is 0. The van der Waals surface area contributed by atoms with Crippen LogP contribution in [0.15, 0.2) is 30.3 Å². The molecular formula is C12H5Cl3FNO2. The van der Waals surface area contributed by atoms with E-state index in [2.05, 4.69) is 0 Å². The van der Waals surface area contributed by atoms with Crippen LogP contribution in [0.2, 0.25) is 15.1 Å². The molecule has 19 heavy (non-hydrogen) atoms. The van der Waals surface area contributed by atoms with Gasteiger partial charge in [0, 0.05) is 17.7 Å². The predicted molar refractivity (Wildman–Crippen MR) is 73.5 cm³/mol. The molecule has 0 N–H and O–H groups in total. The zero-order chi connectivity index (χ0) is 14.2. The zero-order valence-corrected chi connectivity index (χ0v) is 11.4. The molecule has 0 aliphatic carbocycles. The van der Waals surface area contributed by atoms with Crippen LogP contribution in [-0.2, 0) is 0 Å². The van der Waals surface area contributed by atoms with Crippen molar-refractivity contribution in [3.8, 4) is 11.1 Å². The molecular weight excluding hydrogens is 315 g/mol. The van der Waals surface area contributed by atoms with E-state index in [9.17, 15) is 14.5 Å². The highest BCUT2D eigenvalue weighted by Crippen LogP contribution is 2.36. The third-order valence-corrected chi connectivity index (χ3v) is 3.65. The molecule has 0 radical (unpaired) electrons. The fourth-order valence-corrected chi connectivity index (χ4v) is 2.16. The molecule has 0 saturated carbocycles. The Bertz CT molecular complexity index is 653. The molecule has 2 rings (SSSR count).